The van der Waals surface area contributed by atoms with Gasteiger partial charge in [0.2, 0.25) is 5.91 Å². The number of carbonyl (C=O) groups excluding carboxylic acids is 2. The van der Waals surface area contributed by atoms with Crippen molar-refractivity contribution in [2.24, 2.45) is 5.73 Å². The molecule has 1 rings (SSSR count). The van der Waals surface area contributed by atoms with E-state index in [1.54, 1.807) is 11.8 Å². The lowest BCUT2D eigenvalue weighted by Crippen LogP contribution is -2.59. The van der Waals surface area contributed by atoms with Gasteiger partial charge in [-0.15, -0.1) is 0 Å². The molecule has 0 aromatic heterocycles. The molecule has 1 aliphatic rings. The fourth-order valence-corrected chi connectivity index (χ4v) is 1.53. The Labute approximate surface area is 88.9 Å². The lowest BCUT2D eigenvalue weighted by Gasteiger charge is -2.38. The summed E-state index contributed by atoms with van der Waals surface area (Å²) in [5, 5.41) is 0. The number of rotatable bonds is 1. The minimum absolute atomic E-state index is 0.0195. The molecule has 6 heteroatoms. The monoisotopic (exact) mass is 215 g/mol. The van der Waals surface area contributed by atoms with E-state index in [9.17, 15) is 9.59 Å². The summed E-state index contributed by atoms with van der Waals surface area (Å²) in [6.07, 6.45) is -0.880. The van der Waals surface area contributed by atoms with Crippen LogP contribution in [-0.2, 0) is 9.53 Å². The molecule has 0 radical (unpaired) electrons. The highest BCUT2D eigenvalue weighted by Gasteiger charge is 2.29. The lowest BCUT2D eigenvalue weighted by atomic mass is 10.3. The van der Waals surface area contributed by atoms with Crippen molar-refractivity contribution < 1.29 is 14.3 Å². The third-order valence-corrected chi connectivity index (χ3v) is 2.37. The molecule has 0 saturated carbocycles. The third kappa shape index (κ3) is 2.82. The van der Waals surface area contributed by atoms with Crippen LogP contribution in [0, 0.1) is 0 Å². The largest absolute Gasteiger partial charge is 0.450 e. The van der Waals surface area contributed by atoms with Crippen LogP contribution < -0.4 is 5.73 Å². The summed E-state index contributed by atoms with van der Waals surface area (Å²) in [7, 11) is 0. The minimum Gasteiger partial charge on any atom is -0.450 e. The summed E-state index contributed by atoms with van der Waals surface area (Å²) in [6.45, 7) is 4.88. The maximum absolute atomic E-state index is 11.4. The standard InChI is InChI=1S/C9H17N3O3/c1-3-15-9(14)12-5-4-11(7(2)13)6-8(12)10/h8H,3-6,10H2,1-2H3. The van der Waals surface area contributed by atoms with Crippen molar-refractivity contribution in [2.45, 2.75) is 20.0 Å². The Morgan fingerprint density at radius 1 is 1.47 bits per heavy atom. The van der Waals surface area contributed by atoms with Gasteiger partial charge in [0.25, 0.3) is 0 Å². The Morgan fingerprint density at radius 3 is 2.60 bits per heavy atom. The fraction of sp³-hybridized carbons (Fsp3) is 0.778. The number of nitrogens with zero attached hydrogens (tertiary/aromatic N) is 2. The normalized spacial score (nSPS) is 21.4. The number of hydrogen-bond donors (Lipinski definition) is 1. The second-order valence-electron chi connectivity index (χ2n) is 3.42. The zero-order valence-corrected chi connectivity index (χ0v) is 9.10. The average Bonchev–Trinajstić information content (AvgIpc) is 2.17. The summed E-state index contributed by atoms with van der Waals surface area (Å²) >= 11 is 0. The molecule has 0 aromatic rings. The number of amides is 2. The molecule has 1 atom stereocenters. The highest BCUT2D eigenvalue weighted by Crippen LogP contribution is 2.07. The van der Waals surface area contributed by atoms with E-state index in [1.165, 1.54) is 11.8 Å². The summed E-state index contributed by atoms with van der Waals surface area (Å²) < 4.78 is 4.85. The van der Waals surface area contributed by atoms with Crippen LogP contribution in [-0.4, -0.2) is 54.2 Å². The van der Waals surface area contributed by atoms with E-state index in [2.05, 4.69) is 0 Å². The van der Waals surface area contributed by atoms with Gasteiger partial charge in [-0.3, -0.25) is 9.69 Å². The molecular weight excluding hydrogens is 198 g/mol. The first-order valence-corrected chi connectivity index (χ1v) is 5.00. The second kappa shape index (κ2) is 4.97. The smallest absolute Gasteiger partial charge is 0.411 e. The molecule has 0 bridgehead atoms. The summed E-state index contributed by atoms with van der Waals surface area (Å²) in [5.41, 5.74) is 5.77. The number of ether oxygens (including phenoxy) is 1. The summed E-state index contributed by atoms with van der Waals surface area (Å²) in [6, 6.07) is 0. The van der Waals surface area contributed by atoms with Gasteiger partial charge in [0.1, 0.15) is 6.17 Å². The third-order valence-electron chi connectivity index (χ3n) is 2.37. The van der Waals surface area contributed by atoms with Crippen molar-refractivity contribution in [3.8, 4) is 0 Å². The van der Waals surface area contributed by atoms with Gasteiger partial charge >= 0.3 is 6.09 Å². The van der Waals surface area contributed by atoms with Gasteiger partial charge in [0.05, 0.1) is 13.2 Å². The Kier molecular flexibility index (Phi) is 3.90. The van der Waals surface area contributed by atoms with Crippen LogP contribution in [0.1, 0.15) is 13.8 Å². The molecule has 6 nitrogen and oxygen atoms in total. The minimum atomic E-state index is -0.471. The van der Waals surface area contributed by atoms with Crippen LogP contribution in [0.3, 0.4) is 0 Å². The summed E-state index contributed by atoms with van der Waals surface area (Å²) in [4.78, 5) is 25.6. The number of piperazine rings is 1. The van der Waals surface area contributed by atoms with Crippen molar-refractivity contribution in [1.82, 2.24) is 9.80 Å². The van der Waals surface area contributed by atoms with E-state index in [0.29, 0.717) is 26.2 Å². The van der Waals surface area contributed by atoms with E-state index < -0.39 is 12.3 Å². The van der Waals surface area contributed by atoms with Crippen molar-refractivity contribution in [1.29, 1.82) is 0 Å². The maximum Gasteiger partial charge on any atom is 0.411 e. The van der Waals surface area contributed by atoms with Gasteiger partial charge in [-0.25, -0.2) is 4.79 Å². The van der Waals surface area contributed by atoms with Crippen molar-refractivity contribution >= 4 is 12.0 Å². The van der Waals surface area contributed by atoms with Gasteiger partial charge < -0.3 is 15.4 Å². The Balaban J connectivity index is 2.52. The molecule has 2 amide bonds. The quantitative estimate of drug-likeness (QED) is 0.645. The molecule has 15 heavy (non-hydrogen) atoms. The highest BCUT2D eigenvalue weighted by atomic mass is 16.6. The van der Waals surface area contributed by atoms with E-state index in [1.807, 2.05) is 0 Å². The fourth-order valence-electron chi connectivity index (χ4n) is 1.53. The van der Waals surface area contributed by atoms with Crippen LogP contribution >= 0.6 is 0 Å². The first-order chi connectivity index (χ1) is 7.06. The van der Waals surface area contributed by atoms with Gasteiger partial charge in [-0.05, 0) is 6.92 Å². The molecule has 0 aliphatic carbocycles. The first kappa shape index (κ1) is 11.8. The van der Waals surface area contributed by atoms with Crippen LogP contribution in [0.15, 0.2) is 0 Å². The Hall–Kier alpha value is -1.30. The average molecular weight is 215 g/mol. The zero-order chi connectivity index (χ0) is 11.4. The highest BCUT2D eigenvalue weighted by molar-refractivity contribution is 5.74. The molecule has 0 aromatic carbocycles. The molecule has 1 unspecified atom stereocenters. The zero-order valence-electron chi connectivity index (χ0n) is 9.10. The van der Waals surface area contributed by atoms with Crippen molar-refractivity contribution in [3.63, 3.8) is 0 Å². The van der Waals surface area contributed by atoms with E-state index in [4.69, 9.17) is 10.5 Å². The molecule has 0 spiro atoms. The number of nitrogens with two attached hydrogens (primary N) is 1. The lowest BCUT2D eigenvalue weighted by molar-refractivity contribution is -0.131. The molecule has 86 valence electrons. The predicted molar refractivity (Wildman–Crippen MR) is 54.0 cm³/mol. The van der Waals surface area contributed by atoms with Crippen LogP contribution in [0.2, 0.25) is 0 Å². The van der Waals surface area contributed by atoms with Crippen molar-refractivity contribution in [3.05, 3.63) is 0 Å². The molecule has 1 heterocycles. The Morgan fingerprint density at radius 2 is 2.13 bits per heavy atom. The van der Waals surface area contributed by atoms with Gasteiger partial charge in [-0.2, -0.15) is 0 Å². The second-order valence-corrected chi connectivity index (χ2v) is 3.42. The van der Waals surface area contributed by atoms with Crippen molar-refractivity contribution in [2.75, 3.05) is 26.2 Å². The molecular formula is C9H17N3O3. The van der Waals surface area contributed by atoms with E-state index in [0.717, 1.165) is 0 Å². The van der Waals surface area contributed by atoms with E-state index >= 15 is 0 Å². The SMILES string of the molecule is CCOC(=O)N1CCN(C(C)=O)CC1N. The summed E-state index contributed by atoms with van der Waals surface area (Å²) in [5.74, 6) is -0.0195. The number of carbonyl (C=O) groups is 2. The van der Waals surface area contributed by atoms with Crippen LogP contribution in [0.4, 0.5) is 4.79 Å². The van der Waals surface area contributed by atoms with Gasteiger partial charge in [-0.1, -0.05) is 0 Å². The predicted octanol–water partition coefficient (Wildman–Crippen LogP) is -0.408. The molecule has 2 N–H and O–H groups in total. The topological polar surface area (TPSA) is 75.9 Å². The first-order valence-electron chi connectivity index (χ1n) is 5.00. The molecule has 1 fully saturated rings. The molecule has 1 aliphatic heterocycles. The number of hydrogen-bond acceptors (Lipinski definition) is 4. The van der Waals surface area contributed by atoms with Crippen LogP contribution in [0.25, 0.3) is 0 Å². The van der Waals surface area contributed by atoms with Gasteiger partial charge in [0.15, 0.2) is 0 Å². The van der Waals surface area contributed by atoms with Gasteiger partial charge in [0, 0.05) is 20.0 Å². The Bertz CT molecular complexity index is 257. The van der Waals surface area contributed by atoms with Crippen LogP contribution in [0.5, 0.6) is 0 Å². The molecule has 1 saturated heterocycles. The maximum atomic E-state index is 11.4. The van der Waals surface area contributed by atoms with E-state index in [-0.39, 0.29) is 5.91 Å².